The number of carbonyl (C=O) groups excluding carboxylic acids is 2. The monoisotopic (exact) mass is 242 g/mol. The van der Waals surface area contributed by atoms with Gasteiger partial charge in [0.2, 0.25) is 5.91 Å². The van der Waals surface area contributed by atoms with E-state index in [2.05, 4.69) is 10.1 Å². The Kier molecular flexibility index (Phi) is 4.45. The first-order valence-corrected chi connectivity index (χ1v) is 5.53. The van der Waals surface area contributed by atoms with Crippen molar-refractivity contribution in [3.63, 3.8) is 0 Å². The van der Waals surface area contributed by atoms with E-state index in [9.17, 15) is 9.59 Å². The zero-order valence-electron chi connectivity index (χ0n) is 9.44. The lowest BCUT2D eigenvalue weighted by atomic mass is 10.3. The van der Waals surface area contributed by atoms with E-state index in [1.807, 2.05) is 0 Å². The highest BCUT2D eigenvalue weighted by molar-refractivity contribution is 7.14. The number of carbonyl (C=O) groups is 2. The van der Waals surface area contributed by atoms with Crippen molar-refractivity contribution in [1.29, 1.82) is 0 Å². The summed E-state index contributed by atoms with van der Waals surface area (Å²) in [6, 6.07) is 1.63. The Balaban J connectivity index is 2.70. The molecule has 0 atom stereocenters. The summed E-state index contributed by atoms with van der Waals surface area (Å²) in [5.41, 5.74) is 0.389. The van der Waals surface area contributed by atoms with Crippen molar-refractivity contribution in [3.05, 3.63) is 17.0 Å². The Morgan fingerprint density at radius 1 is 1.50 bits per heavy atom. The van der Waals surface area contributed by atoms with Gasteiger partial charge in [-0.15, -0.1) is 11.3 Å². The maximum Gasteiger partial charge on any atom is 0.340 e. The van der Waals surface area contributed by atoms with Crippen LogP contribution in [-0.4, -0.2) is 44.5 Å². The molecule has 0 spiro atoms. The second kappa shape index (κ2) is 5.62. The van der Waals surface area contributed by atoms with Gasteiger partial charge < -0.3 is 15.0 Å². The van der Waals surface area contributed by atoms with Crippen LogP contribution in [0.3, 0.4) is 0 Å². The molecule has 0 aliphatic carbocycles. The third kappa shape index (κ3) is 3.32. The zero-order valence-corrected chi connectivity index (χ0v) is 10.3. The molecule has 5 nitrogen and oxygen atoms in total. The number of amides is 1. The average Bonchev–Trinajstić information content (AvgIpc) is 2.63. The number of thiophene rings is 1. The van der Waals surface area contributed by atoms with Crippen LogP contribution in [-0.2, 0) is 9.53 Å². The van der Waals surface area contributed by atoms with Gasteiger partial charge in [-0.05, 0) is 25.5 Å². The quantitative estimate of drug-likeness (QED) is 0.801. The Bertz CT molecular complexity index is 387. The molecule has 1 heterocycles. The van der Waals surface area contributed by atoms with Gasteiger partial charge in [-0.1, -0.05) is 0 Å². The molecule has 0 fully saturated rings. The van der Waals surface area contributed by atoms with Crippen molar-refractivity contribution < 1.29 is 14.3 Å². The molecule has 0 aromatic carbocycles. The van der Waals surface area contributed by atoms with Crippen LogP contribution in [0.2, 0.25) is 0 Å². The van der Waals surface area contributed by atoms with E-state index >= 15 is 0 Å². The van der Waals surface area contributed by atoms with E-state index in [0.717, 1.165) is 0 Å². The summed E-state index contributed by atoms with van der Waals surface area (Å²) in [5.74, 6) is -0.598. The number of likely N-dealkylation sites (N-methyl/N-ethyl adjacent to an activating group) is 1. The molecule has 0 aliphatic rings. The smallest absolute Gasteiger partial charge is 0.340 e. The Hall–Kier alpha value is -1.40. The minimum absolute atomic E-state index is 0.155. The summed E-state index contributed by atoms with van der Waals surface area (Å²) < 4.78 is 4.60. The number of hydrogen-bond donors (Lipinski definition) is 1. The van der Waals surface area contributed by atoms with E-state index in [1.54, 1.807) is 30.4 Å². The van der Waals surface area contributed by atoms with Gasteiger partial charge in [-0.2, -0.15) is 0 Å². The maximum absolute atomic E-state index is 11.5. The second-order valence-electron chi connectivity index (χ2n) is 3.44. The SMILES string of the molecule is COC(=O)c1ccsc1NC(=O)CN(C)C. The topological polar surface area (TPSA) is 58.6 Å². The highest BCUT2D eigenvalue weighted by Gasteiger charge is 2.15. The summed E-state index contributed by atoms with van der Waals surface area (Å²) >= 11 is 1.30. The molecular formula is C10H14N2O3S. The summed E-state index contributed by atoms with van der Waals surface area (Å²) in [7, 11) is 4.91. The van der Waals surface area contributed by atoms with Crippen molar-refractivity contribution in [3.8, 4) is 0 Å². The molecule has 0 aliphatic heterocycles. The van der Waals surface area contributed by atoms with Crippen molar-refractivity contribution in [2.75, 3.05) is 33.1 Å². The molecule has 0 saturated heterocycles. The summed E-state index contributed by atoms with van der Waals surface area (Å²) in [6.07, 6.45) is 0. The number of anilines is 1. The first kappa shape index (κ1) is 12.7. The molecule has 1 rings (SSSR count). The molecule has 0 unspecified atom stereocenters. The van der Waals surface area contributed by atoms with Gasteiger partial charge in [0.15, 0.2) is 0 Å². The fraction of sp³-hybridized carbons (Fsp3) is 0.400. The molecule has 88 valence electrons. The van der Waals surface area contributed by atoms with Crippen LogP contribution in [0.4, 0.5) is 5.00 Å². The molecule has 1 aromatic rings. The standard InChI is InChI=1S/C10H14N2O3S/c1-12(2)6-8(13)11-9-7(4-5-16-9)10(14)15-3/h4-5H,6H2,1-3H3,(H,11,13). The van der Waals surface area contributed by atoms with E-state index < -0.39 is 5.97 Å². The van der Waals surface area contributed by atoms with Crippen LogP contribution in [0.5, 0.6) is 0 Å². The summed E-state index contributed by atoms with van der Waals surface area (Å²) in [4.78, 5) is 24.6. The maximum atomic E-state index is 11.5. The predicted molar refractivity (Wildman–Crippen MR) is 62.8 cm³/mol. The van der Waals surface area contributed by atoms with Crippen LogP contribution in [0, 0.1) is 0 Å². The normalized spacial score (nSPS) is 10.2. The van der Waals surface area contributed by atoms with Crippen LogP contribution >= 0.6 is 11.3 Å². The summed E-state index contributed by atoms with van der Waals surface area (Å²) in [6.45, 7) is 0.276. The minimum atomic E-state index is -0.443. The number of rotatable bonds is 4. The highest BCUT2D eigenvalue weighted by Crippen LogP contribution is 2.23. The van der Waals surface area contributed by atoms with Gasteiger partial charge in [0.05, 0.1) is 19.2 Å². The van der Waals surface area contributed by atoms with E-state index in [0.29, 0.717) is 10.6 Å². The van der Waals surface area contributed by atoms with Crippen LogP contribution in [0.1, 0.15) is 10.4 Å². The molecule has 1 amide bonds. The van der Waals surface area contributed by atoms with Crippen LogP contribution in [0.15, 0.2) is 11.4 Å². The highest BCUT2D eigenvalue weighted by atomic mass is 32.1. The minimum Gasteiger partial charge on any atom is -0.465 e. The van der Waals surface area contributed by atoms with E-state index in [1.165, 1.54) is 18.4 Å². The fourth-order valence-corrected chi connectivity index (χ4v) is 1.92. The molecule has 1 N–H and O–H groups in total. The van der Waals surface area contributed by atoms with Gasteiger partial charge >= 0.3 is 5.97 Å². The molecule has 0 radical (unpaired) electrons. The van der Waals surface area contributed by atoms with Crippen molar-refractivity contribution in [2.24, 2.45) is 0 Å². The second-order valence-corrected chi connectivity index (χ2v) is 4.36. The first-order valence-electron chi connectivity index (χ1n) is 4.65. The number of ether oxygens (including phenoxy) is 1. The lowest BCUT2D eigenvalue weighted by Gasteiger charge is -2.09. The summed E-state index contributed by atoms with van der Waals surface area (Å²) in [5, 5.41) is 4.93. The predicted octanol–water partition coefficient (Wildman–Crippen LogP) is 1.03. The van der Waals surface area contributed by atoms with Crippen LogP contribution in [0.25, 0.3) is 0 Å². The van der Waals surface area contributed by atoms with Gasteiger partial charge in [-0.25, -0.2) is 4.79 Å². The fourth-order valence-electron chi connectivity index (χ4n) is 1.13. The molecular weight excluding hydrogens is 228 g/mol. The third-order valence-electron chi connectivity index (χ3n) is 1.78. The molecule has 16 heavy (non-hydrogen) atoms. The number of hydrogen-bond acceptors (Lipinski definition) is 5. The largest absolute Gasteiger partial charge is 0.465 e. The van der Waals surface area contributed by atoms with E-state index in [-0.39, 0.29) is 12.5 Å². The third-order valence-corrected chi connectivity index (χ3v) is 2.61. The van der Waals surface area contributed by atoms with Gasteiger partial charge in [0.25, 0.3) is 0 Å². The molecule has 0 saturated carbocycles. The lowest BCUT2D eigenvalue weighted by molar-refractivity contribution is -0.116. The molecule has 6 heteroatoms. The van der Waals surface area contributed by atoms with Gasteiger partial charge in [0, 0.05) is 0 Å². The van der Waals surface area contributed by atoms with Gasteiger partial charge in [-0.3, -0.25) is 4.79 Å². The Labute approximate surface area is 98.0 Å². The average molecular weight is 242 g/mol. The molecule has 0 bridgehead atoms. The van der Waals surface area contributed by atoms with Crippen LogP contribution < -0.4 is 5.32 Å². The van der Waals surface area contributed by atoms with Crippen molar-refractivity contribution >= 4 is 28.2 Å². The number of nitrogens with one attached hydrogen (secondary N) is 1. The van der Waals surface area contributed by atoms with Crippen molar-refractivity contribution in [1.82, 2.24) is 4.90 Å². The molecule has 1 aromatic heterocycles. The van der Waals surface area contributed by atoms with E-state index in [4.69, 9.17) is 0 Å². The Morgan fingerprint density at radius 3 is 2.75 bits per heavy atom. The number of methoxy groups -OCH3 is 1. The Morgan fingerprint density at radius 2 is 2.19 bits per heavy atom. The number of esters is 1. The lowest BCUT2D eigenvalue weighted by Crippen LogP contribution is -2.27. The zero-order chi connectivity index (χ0) is 12.1. The van der Waals surface area contributed by atoms with Gasteiger partial charge in [0.1, 0.15) is 5.00 Å². The number of nitrogens with zero attached hydrogens (tertiary/aromatic N) is 1. The van der Waals surface area contributed by atoms with Crippen molar-refractivity contribution in [2.45, 2.75) is 0 Å². The first-order chi connectivity index (χ1) is 7.54.